The van der Waals surface area contributed by atoms with Gasteiger partial charge in [-0.15, -0.1) is 11.3 Å². The maximum Gasteiger partial charge on any atom is 0.264 e. The predicted molar refractivity (Wildman–Crippen MR) is 79.4 cm³/mol. The molecule has 2 rings (SSSR count). The number of carbonyl (C=O) groups is 1. The van der Waals surface area contributed by atoms with E-state index in [9.17, 15) is 13.2 Å². The molecule has 0 radical (unpaired) electrons. The molecule has 0 spiro atoms. The van der Waals surface area contributed by atoms with E-state index in [0.29, 0.717) is 10.4 Å². The summed E-state index contributed by atoms with van der Waals surface area (Å²) in [5.41, 5.74) is 0.675. The summed E-state index contributed by atoms with van der Waals surface area (Å²) in [5.74, 6) is -0.0814. The van der Waals surface area contributed by atoms with Crippen LogP contribution in [-0.2, 0) is 10.0 Å². The molecule has 1 aliphatic rings. The molecule has 1 fully saturated rings. The Balaban J connectivity index is 2.34. The Morgan fingerprint density at radius 2 is 2.05 bits per heavy atom. The minimum absolute atomic E-state index is 0.0515. The molecule has 1 saturated carbocycles. The van der Waals surface area contributed by atoms with Crippen molar-refractivity contribution in [3.05, 3.63) is 16.5 Å². The van der Waals surface area contributed by atoms with E-state index in [1.54, 1.807) is 6.92 Å². The highest BCUT2D eigenvalue weighted by Crippen LogP contribution is 2.32. The molecule has 2 N–H and O–H groups in total. The Hall–Kier alpha value is -0.920. The molecule has 112 valence electrons. The van der Waals surface area contributed by atoms with E-state index < -0.39 is 10.0 Å². The molecule has 5 nitrogen and oxygen atoms in total. The lowest BCUT2D eigenvalue weighted by Crippen LogP contribution is -2.48. The third-order valence-electron chi connectivity index (χ3n) is 3.63. The largest absolute Gasteiger partial charge is 0.333 e. The minimum atomic E-state index is -3.75. The standard InChI is InChI=1S/C13H20N2O3S2/c1-8(2)15(10-5-4-6-10)13(16)12-9(3)7-11(19-12)20(14,17)18/h7-8,10H,4-6H2,1-3H3,(H2,14,17,18). The number of aryl methyl sites for hydroxylation is 1. The Kier molecular flexibility index (Phi) is 4.22. The van der Waals surface area contributed by atoms with E-state index in [1.165, 1.54) is 6.07 Å². The summed E-state index contributed by atoms with van der Waals surface area (Å²) in [4.78, 5) is 15.0. The smallest absolute Gasteiger partial charge is 0.264 e. The fourth-order valence-electron chi connectivity index (χ4n) is 2.41. The van der Waals surface area contributed by atoms with Crippen molar-refractivity contribution in [2.24, 2.45) is 5.14 Å². The normalized spacial score (nSPS) is 16.2. The average molecular weight is 316 g/mol. The predicted octanol–water partition coefficient (Wildman–Crippen LogP) is 2.11. The Labute approximate surface area is 123 Å². The van der Waals surface area contributed by atoms with Gasteiger partial charge in [-0.05, 0) is 51.7 Å². The van der Waals surface area contributed by atoms with E-state index in [1.807, 2.05) is 18.7 Å². The van der Waals surface area contributed by atoms with Gasteiger partial charge in [0.2, 0.25) is 10.0 Å². The second-order valence-electron chi connectivity index (χ2n) is 5.51. The number of amides is 1. The van der Waals surface area contributed by atoms with Crippen LogP contribution in [0.5, 0.6) is 0 Å². The Morgan fingerprint density at radius 1 is 1.45 bits per heavy atom. The van der Waals surface area contributed by atoms with Crippen LogP contribution in [0.1, 0.15) is 48.3 Å². The molecule has 0 aliphatic heterocycles. The van der Waals surface area contributed by atoms with E-state index in [4.69, 9.17) is 5.14 Å². The average Bonchev–Trinajstić information content (AvgIpc) is 2.63. The van der Waals surface area contributed by atoms with Crippen LogP contribution in [0.25, 0.3) is 0 Å². The monoisotopic (exact) mass is 316 g/mol. The third-order valence-corrected chi connectivity index (χ3v) is 6.27. The zero-order valence-corrected chi connectivity index (χ0v) is 13.6. The minimum Gasteiger partial charge on any atom is -0.333 e. The maximum atomic E-state index is 12.7. The molecular weight excluding hydrogens is 296 g/mol. The zero-order valence-electron chi connectivity index (χ0n) is 11.9. The van der Waals surface area contributed by atoms with Gasteiger partial charge >= 0.3 is 0 Å². The van der Waals surface area contributed by atoms with Crippen LogP contribution in [0.4, 0.5) is 0 Å². The SMILES string of the molecule is Cc1cc(S(N)(=O)=O)sc1C(=O)N(C(C)C)C1CCC1. The summed E-state index contributed by atoms with van der Waals surface area (Å²) in [6, 6.07) is 1.86. The molecule has 1 heterocycles. The van der Waals surface area contributed by atoms with Crippen molar-refractivity contribution in [2.75, 3.05) is 0 Å². The summed E-state index contributed by atoms with van der Waals surface area (Å²) in [5, 5.41) is 5.13. The van der Waals surface area contributed by atoms with Gasteiger partial charge in [-0.3, -0.25) is 4.79 Å². The first-order valence-corrected chi connectivity index (χ1v) is 9.04. The molecule has 0 bridgehead atoms. The van der Waals surface area contributed by atoms with Gasteiger partial charge in [-0.25, -0.2) is 13.6 Å². The molecule has 0 atom stereocenters. The molecular formula is C13H20N2O3S2. The summed E-state index contributed by atoms with van der Waals surface area (Å²) < 4.78 is 22.8. The maximum absolute atomic E-state index is 12.7. The van der Waals surface area contributed by atoms with Gasteiger partial charge in [-0.1, -0.05) is 0 Å². The lowest BCUT2D eigenvalue weighted by molar-refractivity contribution is 0.0493. The van der Waals surface area contributed by atoms with E-state index in [0.717, 1.165) is 30.6 Å². The van der Waals surface area contributed by atoms with Gasteiger partial charge in [0.25, 0.3) is 5.91 Å². The number of nitrogens with zero attached hydrogens (tertiary/aromatic N) is 1. The number of hydrogen-bond donors (Lipinski definition) is 1. The first-order valence-electron chi connectivity index (χ1n) is 6.67. The molecule has 20 heavy (non-hydrogen) atoms. The highest BCUT2D eigenvalue weighted by atomic mass is 32.2. The Bertz CT molecular complexity index is 616. The van der Waals surface area contributed by atoms with Gasteiger partial charge in [0.05, 0.1) is 4.88 Å². The van der Waals surface area contributed by atoms with Gasteiger partial charge in [0.15, 0.2) is 0 Å². The molecule has 1 aliphatic carbocycles. The quantitative estimate of drug-likeness (QED) is 0.923. The highest BCUT2D eigenvalue weighted by Gasteiger charge is 2.33. The second-order valence-corrected chi connectivity index (χ2v) is 8.35. The van der Waals surface area contributed by atoms with Gasteiger partial charge in [-0.2, -0.15) is 0 Å². The third kappa shape index (κ3) is 2.89. The van der Waals surface area contributed by atoms with Crippen LogP contribution in [-0.4, -0.2) is 31.3 Å². The van der Waals surface area contributed by atoms with E-state index >= 15 is 0 Å². The zero-order chi connectivity index (χ0) is 15.1. The fourth-order valence-corrected chi connectivity index (χ4v) is 4.31. The number of thiophene rings is 1. The van der Waals surface area contributed by atoms with Crippen molar-refractivity contribution in [2.45, 2.75) is 56.3 Å². The molecule has 0 saturated heterocycles. The summed E-state index contributed by atoms with van der Waals surface area (Å²) >= 11 is 0.968. The first-order chi connectivity index (χ1) is 9.21. The van der Waals surface area contributed by atoms with Crippen molar-refractivity contribution < 1.29 is 13.2 Å². The molecule has 1 aromatic rings. The molecule has 7 heteroatoms. The number of nitrogens with two attached hydrogens (primary N) is 1. The summed E-state index contributed by atoms with van der Waals surface area (Å²) in [7, 11) is -3.75. The lowest BCUT2D eigenvalue weighted by atomic mass is 9.90. The van der Waals surface area contributed by atoms with Gasteiger partial charge in [0, 0.05) is 12.1 Å². The van der Waals surface area contributed by atoms with Crippen LogP contribution in [0.3, 0.4) is 0 Å². The molecule has 1 aromatic heterocycles. The second kappa shape index (κ2) is 5.46. The van der Waals surface area contributed by atoms with Crippen molar-refractivity contribution in [3.8, 4) is 0 Å². The highest BCUT2D eigenvalue weighted by molar-refractivity contribution is 7.91. The van der Waals surface area contributed by atoms with Gasteiger partial charge < -0.3 is 4.90 Å². The van der Waals surface area contributed by atoms with Crippen LogP contribution < -0.4 is 5.14 Å². The van der Waals surface area contributed by atoms with Crippen molar-refractivity contribution in [1.29, 1.82) is 0 Å². The summed E-state index contributed by atoms with van der Waals surface area (Å²) in [6.45, 7) is 5.72. The number of hydrogen-bond acceptors (Lipinski definition) is 4. The van der Waals surface area contributed by atoms with E-state index in [-0.39, 0.29) is 22.2 Å². The number of rotatable bonds is 4. The van der Waals surface area contributed by atoms with Crippen molar-refractivity contribution in [3.63, 3.8) is 0 Å². The lowest BCUT2D eigenvalue weighted by Gasteiger charge is -2.40. The summed E-state index contributed by atoms with van der Waals surface area (Å²) in [6.07, 6.45) is 3.19. The van der Waals surface area contributed by atoms with Crippen molar-refractivity contribution >= 4 is 27.3 Å². The fraction of sp³-hybridized carbons (Fsp3) is 0.615. The number of sulfonamides is 1. The number of primary sulfonamides is 1. The van der Waals surface area contributed by atoms with Crippen molar-refractivity contribution in [1.82, 2.24) is 4.90 Å². The van der Waals surface area contributed by atoms with Crippen LogP contribution in [0, 0.1) is 6.92 Å². The van der Waals surface area contributed by atoms with Gasteiger partial charge in [0.1, 0.15) is 4.21 Å². The molecule has 1 amide bonds. The van der Waals surface area contributed by atoms with Crippen LogP contribution in [0.15, 0.2) is 10.3 Å². The topological polar surface area (TPSA) is 80.5 Å². The number of carbonyl (C=O) groups excluding carboxylic acids is 1. The molecule has 0 unspecified atom stereocenters. The van der Waals surface area contributed by atoms with Crippen LogP contribution >= 0.6 is 11.3 Å². The Morgan fingerprint density at radius 3 is 2.40 bits per heavy atom. The molecule has 0 aromatic carbocycles. The van der Waals surface area contributed by atoms with Crippen LogP contribution in [0.2, 0.25) is 0 Å². The first kappa shape index (κ1) is 15.5. The van der Waals surface area contributed by atoms with E-state index in [2.05, 4.69) is 0 Å².